The monoisotopic (exact) mass is 235 g/mol. The van der Waals surface area contributed by atoms with E-state index in [-0.39, 0.29) is 6.10 Å². The summed E-state index contributed by atoms with van der Waals surface area (Å²) in [6.45, 7) is 1.29. The van der Waals surface area contributed by atoms with E-state index in [0.717, 1.165) is 25.2 Å². The molecule has 6 heteroatoms. The Bertz CT molecular complexity index is 460. The molecule has 0 bridgehead atoms. The highest BCUT2D eigenvalue weighted by molar-refractivity contribution is 5.19. The number of ether oxygens (including phenoxy) is 1. The Balaban J connectivity index is 1.60. The summed E-state index contributed by atoms with van der Waals surface area (Å²) >= 11 is 0. The molecule has 0 saturated carbocycles. The van der Waals surface area contributed by atoms with Crippen molar-refractivity contribution in [1.82, 2.24) is 10.2 Å². The van der Waals surface area contributed by atoms with Gasteiger partial charge in [0.05, 0.1) is 12.8 Å². The summed E-state index contributed by atoms with van der Waals surface area (Å²) in [6.07, 6.45) is 3.58. The van der Waals surface area contributed by atoms with Gasteiger partial charge < -0.3 is 18.9 Å². The molecule has 1 aliphatic heterocycles. The molecule has 3 rings (SSSR count). The van der Waals surface area contributed by atoms with Crippen LogP contribution in [0, 0.1) is 0 Å². The van der Waals surface area contributed by atoms with Crippen LogP contribution in [0.15, 0.2) is 27.2 Å². The van der Waals surface area contributed by atoms with E-state index in [1.165, 1.54) is 0 Å². The van der Waals surface area contributed by atoms with Gasteiger partial charge in [0.15, 0.2) is 0 Å². The first-order valence-electron chi connectivity index (χ1n) is 5.63. The largest absolute Gasteiger partial charge is 0.467 e. The third-order valence-electron chi connectivity index (χ3n) is 2.64. The van der Waals surface area contributed by atoms with E-state index >= 15 is 0 Å². The minimum Gasteiger partial charge on any atom is -0.467 e. The normalized spacial score (nSPS) is 19.6. The fraction of sp³-hybridized carbons (Fsp3) is 0.455. The highest BCUT2D eigenvalue weighted by atomic mass is 16.5. The molecule has 17 heavy (non-hydrogen) atoms. The van der Waals surface area contributed by atoms with E-state index in [9.17, 15) is 0 Å². The number of hydrogen-bond donors (Lipinski definition) is 1. The van der Waals surface area contributed by atoms with Gasteiger partial charge in [-0.1, -0.05) is 5.10 Å². The van der Waals surface area contributed by atoms with Gasteiger partial charge in [0.1, 0.15) is 11.9 Å². The molecule has 0 amide bonds. The maximum atomic E-state index is 5.47. The SMILES string of the molecule is c1coc(CNc2nnc([C@H]3CCCO3)o2)c1. The smallest absolute Gasteiger partial charge is 0.315 e. The molecule has 1 atom stereocenters. The molecule has 0 spiro atoms. The molecule has 1 N–H and O–H groups in total. The van der Waals surface area contributed by atoms with Gasteiger partial charge in [-0.2, -0.15) is 0 Å². The first kappa shape index (κ1) is 10.3. The van der Waals surface area contributed by atoms with E-state index in [0.29, 0.717) is 18.5 Å². The zero-order chi connectivity index (χ0) is 11.5. The average Bonchev–Trinajstić information content (AvgIpc) is 3.09. The van der Waals surface area contributed by atoms with Crippen molar-refractivity contribution in [2.24, 2.45) is 0 Å². The van der Waals surface area contributed by atoms with E-state index in [1.54, 1.807) is 6.26 Å². The summed E-state index contributed by atoms with van der Waals surface area (Å²) in [4.78, 5) is 0. The van der Waals surface area contributed by atoms with Crippen LogP contribution in [0.2, 0.25) is 0 Å². The Morgan fingerprint density at radius 1 is 1.41 bits per heavy atom. The predicted molar refractivity (Wildman–Crippen MR) is 58.3 cm³/mol. The van der Waals surface area contributed by atoms with Crippen LogP contribution in [0.5, 0.6) is 0 Å². The number of aromatic nitrogens is 2. The molecule has 0 aromatic carbocycles. The molecule has 6 nitrogen and oxygen atoms in total. The summed E-state index contributed by atoms with van der Waals surface area (Å²) in [5.41, 5.74) is 0. The predicted octanol–water partition coefficient (Wildman–Crippen LogP) is 2.13. The van der Waals surface area contributed by atoms with E-state index < -0.39 is 0 Å². The molecule has 1 fully saturated rings. The van der Waals surface area contributed by atoms with E-state index in [4.69, 9.17) is 13.6 Å². The summed E-state index contributed by atoms with van der Waals surface area (Å²) in [5, 5.41) is 10.9. The minimum atomic E-state index is -0.0401. The lowest BCUT2D eigenvalue weighted by Gasteiger charge is -2.01. The Hall–Kier alpha value is -1.82. The zero-order valence-corrected chi connectivity index (χ0v) is 9.26. The van der Waals surface area contributed by atoms with Gasteiger partial charge >= 0.3 is 6.01 Å². The van der Waals surface area contributed by atoms with Crippen LogP contribution in [-0.2, 0) is 11.3 Å². The van der Waals surface area contributed by atoms with Crippen molar-refractivity contribution in [3.05, 3.63) is 30.0 Å². The molecule has 1 aliphatic rings. The third-order valence-corrected chi connectivity index (χ3v) is 2.64. The fourth-order valence-corrected chi connectivity index (χ4v) is 1.78. The number of rotatable bonds is 4. The molecule has 3 heterocycles. The van der Waals surface area contributed by atoms with Crippen LogP contribution in [0.1, 0.15) is 30.6 Å². The van der Waals surface area contributed by atoms with Gasteiger partial charge in [-0.25, -0.2) is 0 Å². The van der Waals surface area contributed by atoms with Crippen LogP contribution in [-0.4, -0.2) is 16.8 Å². The lowest BCUT2D eigenvalue weighted by Crippen LogP contribution is -1.98. The number of hydrogen-bond acceptors (Lipinski definition) is 6. The van der Waals surface area contributed by atoms with E-state index in [1.807, 2.05) is 12.1 Å². The lowest BCUT2D eigenvalue weighted by molar-refractivity contribution is 0.0897. The molecule has 0 unspecified atom stereocenters. The fourth-order valence-electron chi connectivity index (χ4n) is 1.78. The van der Waals surface area contributed by atoms with Gasteiger partial charge in [0.25, 0.3) is 0 Å². The minimum absolute atomic E-state index is 0.0401. The number of nitrogens with one attached hydrogen (secondary N) is 1. The van der Waals surface area contributed by atoms with Gasteiger partial charge in [-0.05, 0) is 25.0 Å². The van der Waals surface area contributed by atoms with Gasteiger partial charge in [0.2, 0.25) is 5.89 Å². The van der Waals surface area contributed by atoms with Gasteiger partial charge in [0, 0.05) is 6.61 Å². The molecule has 2 aromatic rings. The summed E-state index contributed by atoms with van der Waals surface area (Å²) in [7, 11) is 0. The number of nitrogens with zero attached hydrogens (tertiary/aromatic N) is 2. The van der Waals surface area contributed by atoms with Crippen molar-refractivity contribution in [1.29, 1.82) is 0 Å². The van der Waals surface area contributed by atoms with Crippen molar-refractivity contribution in [2.75, 3.05) is 11.9 Å². The summed E-state index contributed by atoms with van der Waals surface area (Å²) in [5.74, 6) is 1.37. The van der Waals surface area contributed by atoms with Crippen molar-refractivity contribution in [3.63, 3.8) is 0 Å². The van der Waals surface area contributed by atoms with Crippen LogP contribution in [0.25, 0.3) is 0 Å². The molecule has 1 saturated heterocycles. The quantitative estimate of drug-likeness (QED) is 0.875. The second-order valence-corrected chi connectivity index (χ2v) is 3.88. The first-order valence-corrected chi connectivity index (χ1v) is 5.63. The Morgan fingerprint density at radius 3 is 3.18 bits per heavy atom. The highest BCUT2D eigenvalue weighted by Gasteiger charge is 2.23. The highest BCUT2D eigenvalue weighted by Crippen LogP contribution is 2.28. The maximum Gasteiger partial charge on any atom is 0.315 e. The topological polar surface area (TPSA) is 73.3 Å². The first-order chi connectivity index (χ1) is 8.42. The van der Waals surface area contributed by atoms with Crippen molar-refractivity contribution in [2.45, 2.75) is 25.5 Å². The molecule has 0 radical (unpaired) electrons. The molecule has 0 aliphatic carbocycles. The van der Waals surface area contributed by atoms with Crippen LogP contribution in [0.4, 0.5) is 6.01 Å². The Labute approximate surface area is 98.0 Å². The Morgan fingerprint density at radius 2 is 2.41 bits per heavy atom. The zero-order valence-electron chi connectivity index (χ0n) is 9.26. The number of furan rings is 1. The standard InChI is InChI=1S/C11H13N3O3/c1-3-8(15-5-1)7-12-11-14-13-10(17-11)9-4-2-6-16-9/h1,3,5,9H,2,4,6-7H2,(H,12,14)/t9-/m1/s1. The van der Waals surface area contributed by atoms with Crippen molar-refractivity contribution in [3.8, 4) is 0 Å². The van der Waals surface area contributed by atoms with Crippen LogP contribution in [0.3, 0.4) is 0 Å². The Kier molecular flexibility index (Phi) is 2.79. The van der Waals surface area contributed by atoms with Crippen molar-refractivity contribution < 1.29 is 13.6 Å². The van der Waals surface area contributed by atoms with Crippen molar-refractivity contribution >= 4 is 6.01 Å². The van der Waals surface area contributed by atoms with Gasteiger partial charge in [-0.3, -0.25) is 0 Å². The molecular formula is C11H13N3O3. The second kappa shape index (κ2) is 4.58. The second-order valence-electron chi connectivity index (χ2n) is 3.88. The lowest BCUT2D eigenvalue weighted by atomic mass is 10.2. The molecule has 2 aromatic heterocycles. The maximum absolute atomic E-state index is 5.47. The van der Waals surface area contributed by atoms with Crippen LogP contribution >= 0.6 is 0 Å². The number of anilines is 1. The van der Waals surface area contributed by atoms with Crippen LogP contribution < -0.4 is 5.32 Å². The summed E-state index contributed by atoms with van der Waals surface area (Å²) < 4.78 is 16.1. The summed E-state index contributed by atoms with van der Waals surface area (Å²) in [6, 6.07) is 4.11. The molecular weight excluding hydrogens is 222 g/mol. The molecule has 90 valence electrons. The third kappa shape index (κ3) is 2.31. The average molecular weight is 235 g/mol. The van der Waals surface area contributed by atoms with Gasteiger partial charge in [-0.15, -0.1) is 5.10 Å². The van der Waals surface area contributed by atoms with E-state index in [2.05, 4.69) is 15.5 Å².